The Bertz CT molecular complexity index is 914. The third-order valence-electron chi connectivity index (χ3n) is 5.53. The molecule has 0 fully saturated rings. The van der Waals surface area contributed by atoms with Gasteiger partial charge in [-0.15, -0.1) is 0 Å². The Hall–Kier alpha value is -2.62. The maximum atomic E-state index is 13.6. The molecule has 0 aromatic heterocycles. The van der Waals surface area contributed by atoms with Crippen LogP contribution in [0.15, 0.2) is 59.8 Å². The predicted molar refractivity (Wildman–Crippen MR) is 107 cm³/mol. The van der Waals surface area contributed by atoms with Crippen LogP contribution in [0.1, 0.15) is 45.2 Å². The van der Waals surface area contributed by atoms with Crippen molar-refractivity contribution in [2.75, 3.05) is 16.8 Å². The normalized spacial score (nSPS) is 21.3. The van der Waals surface area contributed by atoms with Crippen LogP contribution in [-0.2, 0) is 4.79 Å². The van der Waals surface area contributed by atoms with Crippen LogP contribution in [0.5, 0.6) is 0 Å². The molecule has 1 N–H and O–H groups in total. The first-order valence-electron chi connectivity index (χ1n) is 9.54. The molecule has 4 rings (SSSR count). The molecule has 1 aliphatic heterocycles. The molecule has 0 bridgehead atoms. The summed E-state index contributed by atoms with van der Waals surface area (Å²) in [6.07, 6.45) is 1.34. The van der Waals surface area contributed by atoms with E-state index in [0.717, 1.165) is 41.2 Å². The van der Waals surface area contributed by atoms with Crippen molar-refractivity contribution in [3.63, 3.8) is 0 Å². The van der Waals surface area contributed by atoms with Gasteiger partial charge in [0.1, 0.15) is 5.82 Å². The lowest BCUT2D eigenvalue weighted by Crippen LogP contribution is -2.36. The Morgan fingerprint density at radius 1 is 1.11 bits per heavy atom. The average Bonchev–Trinajstić information content (AvgIpc) is 2.75. The van der Waals surface area contributed by atoms with Gasteiger partial charge in [-0.2, -0.15) is 0 Å². The molecular formula is C23H25FN2O. The number of hydrogen-bond acceptors (Lipinski definition) is 3. The van der Waals surface area contributed by atoms with Gasteiger partial charge in [-0.05, 0) is 48.6 Å². The number of ketones is 1. The molecule has 2 aromatic rings. The van der Waals surface area contributed by atoms with E-state index in [2.05, 4.69) is 43.1 Å². The molecule has 1 unspecified atom stereocenters. The Labute approximate surface area is 159 Å². The van der Waals surface area contributed by atoms with E-state index in [9.17, 15) is 9.18 Å². The van der Waals surface area contributed by atoms with E-state index >= 15 is 0 Å². The molecule has 1 heterocycles. The van der Waals surface area contributed by atoms with Crippen molar-refractivity contribution in [3.05, 3.63) is 71.2 Å². The molecule has 4 heteroatoms. The second-order valence-electron chi connectivity index (χ2n) is 8.22. The first kappa shape index (κ1) is 17.8. The number of halogens is 1. The van der Waals surface area contributed by atoms with E-state index in [1.54, 1.807) is 12.1 Å². The summed E-state index contributed by atoms with van der Waals surface area (Å²) >= 11 is 0. The number of likely N-dealkylation sites (N-methyl/N-ethyl adjacent to an activating group) is 1. The smallest absolute Gasteiger partial charge is 0.163 e. The summed E-state index contributed by atoms with van der Waals surface area (Å²) in [6, 6.07) is 14.5. The van der Waals surface area contributed by atoms with Gasteiger partial charge in [-0.1, -0.05) is 38.1 Å². The maximum Gasteiger partial charge on any atom is 0.163 e. The number of hydrogen-bond donors (Lipinski definition) is 1. The van der Waals surface area contributed by atoms with Crippen molar-refractivity contribution in [2.45, 2.75) is 39.7 Å². The van der Waals surface area contributed by atoms with Gasteiger partial charge >= 0.3 is 0 Å². The van der Waals surface area contributed by atoms with Crippen molar-refractivity contribution in [3.8, 4) is 0 Å². The van der Waals surface area contributed by atoms with Crippen molar-refractivity contribution >= 4 is 17.2 Å². The number of rotatable bonds is 2. The van der Waals surface area contributed by atoms with E-state index in [1.165, 1.54) is 12.1 Å². The molecule has 0 saturated heterocycles. The molecule has 0 radical (unpaired) electrons. The number of carbonyl (C=O) groups is 1. The lowest BCUT2D eigenvalue weighted by Gasteiger charge is -2.37. The van der Waals surface area contributed by atoms with Gasteiger partial charge in [-0.3, -0.25) is 4.79 Å². The minimum atomic E-state index is -0.265. The van der Waals surface area contributed by atoms with Crippen LogP contribution in [0.2, 0.25) is 0 Å². The minimum absolute atomic E-state index is 0.0768. The fraction of sp³-hybridized carbons (Fsp3) is 0.348. The van der Waals surface area contributed by atoms with Crippen molar-refractivity contribution in [1.29, 1.82) is 0 Å². The lowest BCUT2D eigenvalue weighted by atomic mass is 9.73. The molecule has 2 aliphatic rings. The molecule has 1 aliphatic carbocycles. The molecule has 2 aromatic carbocycles. The van der Waals surface area contributed by atoms with Crippen LogP contribution in [0, 0.1) is 11.2 Å². The van der Waals surface area contributed by atoms with Crippen LogP contribution >= 0.6 is 0 Å². The number of benzene rings is 2. The third-order valence-corrected chi connectivity index (χ3v) is 5.53. The molecule has 1 atom stereocenters. The number of carbonyl (C=O) groups excluding carboxylic acids is 1. The number of Topliss-reactive ketones (excluding diaryl/α,β-unsaturated/α-hetero) is 1. The molecule has 3 nitrogen and oxygen atoms in total. The second-order valence-corrected chi connectivity index (χ2v) is 8.22. The Kier molecular flexibility index (Phi) is 4.29. The van der Waals surface area contributed by atoms with Crippen LogP contribution in [0.25, 0.3) is 0 Å². The molecule has 27 heavy (non-hydrogen) atoms. The van der Waals surface area contributed by atoms with E-state index in [1.807, 2.05) is 12.1 Å². The summed E-state index contributed by atoms with van der Waals surface area (Å²) in [5.74, 6) is -0.0893. The minimum Gasteiger partial charge on any atom is -0.359 e. The zero-order chi connectivity index (χ0) is 19.2. The van der Waals surface area contributed by atoms with E-state index in [4.69, 9.17) is 0 Å². The van der Waals surface area contributed by atoms with Crippen LogP contribution in [0.3, 0.4) is 0 Å². The number of para-hydroxylation sites is 2. The summed E-state index contributed by atoms with van der Waals surface area (Å²) in [7, 11) is 0. The quantitative estimate of drug-likeness (QED) is 0.768. The van der Waals surface area contributed by atoms with Crippen LogP contribution in [0.4, 0.5) is 15.8 Å². The number of fused-ring (bicyclic) bond motifs is 1. The summed E-state index contributed by atoms with van der Waals surface area (Å²) in [4.78, 5) is 15.5. The maximum absolute atomic E-state index is 13.6. The molecule has 0 spiro atoms. The van der Waals surface area contributed by atoms with Crippen molar-refractivity contribution < 1.29 is 9.18 Å². The highest BCUT2D eigenvalue weighted by molar-refractivity contribution is 6.01. The Balaban J connectivity index is 1.96. The summed E-state index contributed by atoms with van der Waals surface area (Å²) in [6.45, 7) is 7.11. The highest BCUT2D eigenvalue weighted by Crippen LogP contribution is 2.47. The lowest BCUT2D eigenvalue weighted by molar-refractivity contribution is -0.118. The van der Waals surface area contributed by atoms with Crippen LogP contribution < -0.4 is 10.2 Å². The molecule has 0 amide bonds. The summed E-state index contributed by atoms with van der Waals surface area (Å²) in [5.41, 5.74) is 4.76. The summed E-state index contributed by atoms with van der Waals surface area (Å²) < 4.78 is 13.6. The average molecular weight is 364 g/mol. The standard InChI is InChI=1S/C23H25FN2O/c1-4-26-19-8-6-5-7-17(19)25-18-13-23(2,3)14-20(27)21(18)22(26)15-9-11-16(24)12-10-15/h5-12,22,25H,4,13-14H2,1-3H3. The Morgan fingerprint density at radius 2 is 1.81 bits per heavy atom. The molecule has 140 valence electrons. The SMILES string of the molecule is CCN1c2ccccc2NC2=C(C(=O)CC(C)(C)C2)C1c1ccc(F)cc1. The van der Waals surface area contributed by atoms with Gasteiger partial charge in [0.05, 0.1) is 17.4 Å². The highest BCUT2D eigenvalue weighted by atomic mass is 19.1. The highest BCUT2D eigenvalue weighted by Gasteiger charge is 2.40. The first-order valence-corrected chi connectivity index (χ1v) is 9.54. The largest absolute Gasteiger partial charge is 0.359 e. The third kappa shape index (κ3) is 3.14. The number of nitrogens with zero attached hydrogens (tertiary/aromatic N) is 1. The zero-order valence-corrected chi connectivity index (χ0v) is 16.1. The van der Waals surface area contributed by atoms with Crippen molar-refractivity contribution in [2.24, 2.45) is 5.41 Å². The predicted octanol–water partition coefficient (Wildman–Crippen LogP) is 5.46. The van der Waals surface area contributed by atoms with Gasteiger partial charge in [0.15, 0.2) is 5.78 Å². The zero-order valence-electron chi connectivity index (χ0n) is 16.1. The Morgan fingerprint density at radius 3 is 2.52 bits per heavy atom. The van der Waals surface area contributed by atoms with Crippen LogP contribution in [-0.4, -0.2) is 12.3 Å². The van der Waals surface area contributed by atoms with E-state index in [0.29, 0.717) is 6.42 Å². The summed E-state index contributed by atoms with van der Waals surface area (Å²) in [5, 5.41) is 3.57. The fourth-order valence-corrected chi connectivity index (χ4v) is 4.40. The van der Waals surface area contributed by atoms with Gasteiger partial charge < -0.3 is 10.2 Å². The van der Waals surface area contributed by atoms with Gasteiger partial charge in [-0.25, -0.2) is 4.39 Å². The van der Waals surface area contributed by atoms with Crippen molar-refractivity contribution in [1.82, 2.24) is 0 Å². The molecular weight excluding hydrogens is 339 g/mol. The number of allylic oxidation sites excluding steroid dienone is 1. The second kappa shape index (κ2) is 6.52. The first-order chi connectivity index (χ1) is 12.9. The number of anilines is 2. The van der Waals surface area contributed by atoms with Gasteiger partial charge in [0.25, 0.3) is 0 Å². The van der Waals surface area contributed by atoms with Gasteiger partial charge in [0.2, 0.25) is 0 Å². The number of nitrogens with one attached hydrogen (secondary N) is 1. The fourth-order valence-electron chi connectivity index (χ4n) is 4.40. The monoisotopic (exact) mass is 364 g/mol. The molecule has 0 saturated carbocycles. The van der Waals surface area contributed by atoms with Gasteiger partial charge in [0, 0.05) is 24.2 Å². The van der Waals surface area contributed by atoms with E-state index < -0.39 is 0 Å². The van der Waals surface area contributed by atoms with E-state index in [-0.39, 0.29) is 23.1 Å². The topological polar surface area (TPSA) is 32.3 Å².